The number of nitrogens with one attached hydrogen (secondary N) is 1. The SMILES string of the molecule is Nn1c(SCC(=O)NCCc2ccc3c(c2)OCCO3)nnc1-c1ccccc1F. The maximum Gasteiger partial charge on any atom is 0.230 e. The van der Waals surface area contributed by atoms with Crippen molar-refractivity contribution in [3.05, 3.63) is 53.8 Å². The second-order valence-corrected chi connectivity index (χ2v) is 7.47. The van der Waals surface area contributed by atoms with Gasteiger partial charge >= 0.3 is 0 Å². The van der Waals surface area contributed by atoms with Crippen LogP contribution in [0.2, 0.25) is 0 Å². The number of aromatic nitrogens is 3. The molecular weight excluding hydrogens is 409 g/mol. The van der Waals surface area contributed by atoms with Crippen molar-refractivity contribution in [3.63, 3.8) is 0 Å². The van der Waals surface area contributed by atoms with Crippen LogP contribution in [0.3, 0.4) is 0 Å². The van der Waals surface area contributed by atoms with E-state index in [2.05, 4.69) is 15.5 Å². The summed E-state index contributed by atoms with van der Waals surface area (Å²) in [5, 5.41) is 11.1. The molecule has 0 saturated heterocycles. The molecule has 0 atom stereocenters. The Hall–Kier alpha value is -3.27. The van der Waals surface area contributed by atoms with Gasteiger partial charge in [0.05, 0.1) is 11.3 Å². The largest absolute Gasteiger partial charge is 0.486 e. The Morgan fingerprint density at radius 3 is 2.80 bits per heavy atom. The third kappa shape index (κ3) is 4.48. The summed E-state index contributed by atoms with van der Waals surface area (Å²) in [6, 6.07) is 11.9. The zero-order chi connectivity index (χ0) is 20.9. The number of hydrogen-bond acceptors (Lipinski definition) is 7. The van der Waals surface area contributed by atoms with E-state index < -0.39 is 5.82 Å². The van der Waals surface area contributed by atoms with Crippen molar-refractivity contribution < 1.29 is 18.7 Å². The molecule has 0 unspecified atom stereocenters. The number of benzene rings is 2. The number of nitrogens with zero attached hydrogens (tertiary/aromatic N) is 3. The van der Waals surface area contributed by atoms with E-state index in [4.69, 9.17) is 15.3 Å². The van der Waals surface area contributed by atoms with Gasteiger partial charge in [0.15, 0.2) is 17.3 Å². The highest BCUT2D eigenvalue weighted by atomic mass is 32.2. The van der Waals surface area contributed by atoms with Crippen LogP contribution in [0.1, 0.15) is 5.56 Å². The molecule has 0 bridgehead atoms. The first-order valence-electron chi connectivity index (χ1n) is 9.35. The van der Waals surface area contributed by atoms with Crippen LogP contribution in [0.5, 0.6) is 11.5 Å². The summed E-state index contributed by atoms with van der Waals surface area (Å²) in [5.41, 5.74) is 1.30. The predicted octanol–water partition coefficient (Wildman–Crippen LogP) is 2.02. The molecular formula is C20H20FN5O3S. The summed E-state index contributed by atoms with van der Waals surface area (Å²) in [6.07, 6.45) is 0.664. The number of nitrogens with two attached hydrogens (primary N) is 1. The lowest BCUT2D eigenvalue weighted by molar-refractivity contribution is -0.118. The first-order chi connectivity index (χ1) is 14.6. The molecule has 1 aliphatic heterocycles. The number of amides is 1. The van der Waals surface area contributed by atoms with Crippen LogP contribution in [-0.4, -0.2) is 46.3 Å². The first kappa shape index (κ1) is 20.0. The van der Waals surface area contributed by atoms with E-state index in [-0.39, 0.29) is 23.0 Å². The molecule has 30 heavy (non-hydrogen) atoms. The summed E-state index contributed by atoms with van der Waals surface area (Å²) in [7, 11) is 0. The van der Waals surface area contributed by atoms with Crippen LogP contribution in [0, 0.1) is 5.82 Å². The number of ether oxygens (including phenoxy) is 2. The topological polar surface area (TPSA) is 104 Å². The molecule has 2 heterocycles. The van der Waals surface area contributed by atoms with E-state index >= 15 is 0 Å². The van der Waals surface area contributed by atoms with Gasteiger partial charge in [0, 0.05) is 6.54 Å². The van der Waals surface area contributed by atoms with Gasteiger partial charge in [-0.25, -0.2) is 9.07 Å². The number of rotatable bonds is 7. The first-order valence-corrected chi connectivity index (χ1v) is 10.3. The Bertz CT molecular complexity index is 1060. The summed E-state index contributed by atoms with van der Waals surface area (Å²) in [6.45, 7) is 1.57. The molecule has 0 spiro atoms. The molecule has 3 aromatic rings. The number of thioether (sulfide) groups is 1. The number of nitrogen functional groups attached to an aromatic ring is 1. The van der Waals surface area contributed by atoms with Gasteiger partial charge in [-0.15, -0.1) is 10.2 Å². The lowest BCUT2D eigenvalue weighted by Gasteiger charge is -2.18. The molecule has 8 nitrogen and oxygen atoms in total. The van der Waals surface area contributed by atoms with Gasteiger partial charge in [-0.2, -0.15) is 0 Å². The highest BCUT2D eigenvalue weighted by Crippen LogP contribution is 2.30. The van der Waals surface area contributed by atoms with Crippen LogP contribution in [0.15, 0.2) is 47.6 Å². The molecule has 3 N–H and O–H groups in total. The fourth-order valence-electron chi connectivity index (χ4n) is 2.97. The van der Waals surface area contributed by atoms with Gasteiger partial charge in [-0.05, 0) is 36.2 Å². The minimum absolute atomic E-state index is 0.119. The van der Waals surface area contributed by atoms with E-state index in [1.54, 1.807) is 18.2 Å². The van der Waals surface area contributed by atoms with Gasteiger partial charge in [-0.3, -0.25) is 4.79 Å². The molecule has 0 fully saturated rings. The second-order valence-electron chi connectivity index (χ2n) is 6.52. The Morgan fingerprint density at radius 2 is 1.97 bits per heavy atom. The fourth-order valence-corrected chi connectivity index (χ4v) is 3.66. The predicted molar refractivity (Wildman–Crippen MR) is 110 cm³/mol. The van der Waals surface area contributed by atoms with Gasteiger partial charge in [-0.1, -0.05) is 30.0 Å². The number of carbonyl (C=O) groups is 1. The highest BCUT2D eigenvalue weighted by molar-refractivity contribution is 7.99. The average molecular weight is 429 g/mol. The summed E-state index contributed by atoms with van der Waals surface area (Å²) >= 11 is 1.13. The van der Waals surface area contributed by atoms with Crippen molar-refractivity contribution in [2.24, 2.45) is 0 Å². The molecule has 1 amide bonds. The molecule has 156 valence electrons. The summed E-state index contributed by atoms with van der Waals surface area (Å²) in [4.78, 5) is 12.1. The third-order valence-corrected chi connectivity index (χ3v) is 5.40. The second kappa shape index (κ2) is 9.04. The zero-order valence-electron chi connectivity index (χ0n) is 16.0. The highest BCUT2D eigenvalue weighted by Gasteiger charge is 2.16. The van der Waals surface area contributed by atoms with E-state index in [0.717, 1.165) is 28.8 Å². The molecule has 0 radical (unpaired) electrons. The average Bonchev–Trinajstić information content (AvgIpc) is 3.12. The van der Waals surface area contributed by atoms with Crippen molar-refractivity contribution in [2.45, 2.75) is 11.6 Å². The van der Waals surface area contributed by atoms with E-state index in [1.165, 1.54) is 10.7 Å². The van der Waals surface area contributed by atoms with Crippen LogP contribution in [0.4, 0.5) is 4.39 Å². The van der Waals surface area contributed by atoms with E-state index in [1.807, 2.05) is 18.2 Å². The molecule has 0 saturated carbocycles. The molecule has 1 aromatic heterocycles. The van der Waals surface area contributed by atoms with Gasteiger partial charge in [0.25, 0.3) is 0 Å². The Kier molecular flexibility index (Phi) is 6.03. The number of halogens is 1. The molecule has 4 rings (SSSR count). The lowest BCUT2D eigenvalue weighted by Crippen LogP contribution is -2.27. The van der Waals surface area contributed by atoms with Crippen LogP contribution >= 0.6 is 11.8 Å². The van der Waals surface area contributed by atoms with Gasteiger partial charge in [0.2, 0.25) is 11.1 Å². The van der Waals surface area contributed by atoms with Crippen molar-refractivity contribution in [1.29, 1.82) is 0 Å². The third-order valence-electron chi connectivity index (χ3n) is 4.45. The molecule has 2 aromatic carbocycles. The number of hydrogen-bond donors (Lipinski definition) is 2. The Balaban J connectivity index is 1.27. The maximum absolute atomic E-state index is 13.9. The standard InChI is InChI=1S/C20H20FN5O3S/c21-15-4-2-1-3-14(15)19-24-25-20(26(19)22)30-12-18(27)23-8-7-13-5-6-16-17(11-13)29-10-9-28-16/h1-6,11H,7-10,12,22H2,(H,23,27). The van der Waals surface area contributed by atoms with Gasteiger partial charge < -0.3 is 20.6 Å². The molecule has 1 aliphatic rings. The molecule has 0 aliphatic carbocycles. The maximum atomic E-state index is 13.9. The van der Waals surface area contributed by atoms with Crippen LogP contribution in [-0.2, 0) is 11.2 Å². The van der Waals surface area contributed by atoms with Gasteiger partial charge in [0.1, 0.15) is 19.0 Å². The summed E-state index contributed by atoms with van der Waals surface area (Å²) in [5.74, 6) is 7.17. The molecule has 10 heteroatoms. The normalized spacial score (nSPS) is 12.6. The lowest BCUT2D eigenvalue weighted by atomic mass is 10.1. The minimum Gasteiger partial charge on any atom is -0.486 e. The van der Waals surface area contributed by atoms with Crippen molar-refractivity contribution in [1.82, 2.24) is 20.2 Å². The van der Waals surface area contributed by atoms with Crippen molar-refractivity contribution in [2.75, 3.05) is 31.4 Å². The minimum atomic E-state index is -0.440. The quantitative estimate of drug-likeness (QED) is 0.437. The fraction of sp³-hybridized carbons (Fsp3) is 0.250. The Labute approximate surface area is 176 Å². The van der Waals surface area contributed by atoms with E-state index in [0.29, 0.717) is 31.3 Å². The van der Waals surface area contributed by atoms with Crippen LogP contribution < -0.4 is 20.6 Å². The Morgan fingerprint density at radius 1 is 1.17 bits per heavy atom. The number of carbonyl (C=O) groups excluding carboxylic acids is 1. The van der Waals surface area contributed by atoms with Crippen molar-refractivity contribution in [3.8, 4) is 22.9 Å². The number of fused-ring (bicyclic) bond motifs is 1. The summed E-state index contributed by atoms with van der Waals surface area (Å²) < 4.78 is 26.2. The van der Waals surface area contributed by atoms with Crippen molar-refractivity contribution >= 4 is 17.7 Å². The zero-order valence-corrected chi connectivity index (χ0v) is 16.8. The monoisotopic (exact) mass is 429 g/mol. The van der Waals surface area contributed by atoms with E-state index in [9.17, 15) is 9.18 Å². The smallest absolute Gasteiger partial charge is 0.230 e. The van der Waals surface area contributed by atoms with Crippen LogP contribution in [0.25, 0.3) is 11.4 Å².